The van der Waals surface area contributed by atoms with Crippen LogP contribution in [0.2, 0.25) is 0 Å². The Labute approximate surface area is 192 Å². The highest BCUT2D eigenvalue weighted by atomic mass is 16.4. The highest BCUT2D eigenvalue weighted by Crippen LogP contribution is 2.19. The van der Waals surface area contributed by atoms with Gasteiger partial charge in [-0.05, 0) is 32.1 Å². The van der Waals surface area contributed by atoms with Crippen LogP contribution in [0, 0.1) is 5.92 Å². The van der Waals surface area contributed by atoms with Crippen molar-refractivity contribution in [3.05, 3.63) is 18.2 Å². The average molecular weight is 467 g/mol. The number of aromatic nitrogens is 2. The molecule has 12 nitrogen and oxygen atoms in total. The van der Waals surface area contributed by atoms with Gasteiger partial charge in [0, 0.05) is 24.9 Å². The van der Waals surface area contributed by atoms with Crippen molar-refractivity contribution in [3.63, 3.8) is 0 Å². The summed E-state index contributed by atoms with van der Waals surface area (Å²) >= 11 is 0. The molecule has 1 saturated heterocycles. The summed E-state index contributed by atoms with van der Waals surface area (Å²) in [6.45, 7) is 5.39. The number of nitrogens with zero attached hydrogens (tertiary/aromatic N) is 2. The Bertz CT molecular complexity index is 827. The molecule has 1 aromatic rings. The van der Waals surface area contributed by atoms with Crippen molar-refractivity contribution >= 4 is 23.7 Å². The largest absolute Gasteiger partial charge is 0.480 e. The summed E-state index contributed by atoms with van der Waals surface area (Å²) in [5.74, 6) is -2.87. The minimum Gasteiger partial charge on any atom is -0.480 e. The van der Waals surface area contributed by atoms with Crippen LogP contribution in [0.1, 0.15) is 45.7 Å². The number of carboxylic acid groups (broad SMARTS) is 1. The summed E-state index contributed by atoms with van der Waals surface area (Å²) in [7, 11) is 0. The first kappa shape index (κ1) is 26.3. The predicted octanol–water partition coefficient (Wildman–Crippen LogP) is -1.25. The number of aliphatic carboxylic acids is 1. The number of carbonyl (C=O) groups excluding carboxylic acids is 3. The van der Waals surface area contributed by atoms with E-state index in [0.29, 0.717) is 18.5 Å². The van der Waals surface area contributed by atoms with Gasteiger partial charge in [0.1, 0.15) is 24.2 Å². The number of aromatic amines is 1. The molecule has 12 heteroatoms. The number of imidazole rings is 1. The van der Waals surface area contributed by atoms with Crippen molar-refractivity contribution in [2.24, 2.45) is 11.7 Å². The van der Waals surface area contributed by atoms with E-state index in [1.165, 1.54) is 24.3 Å². The van der Waals surface area contributed by atoms with Crippen molar-refractivity contribution in [2.75, 3.05) is 6.54 Å². The van der Waals surface area contributed by atoms with E-state index in [1.807, 2.05) is 13.8 Å². The number of hydrogen-bond acceptors (Lipinski definition) is 7. The fourth-order valence-electron chi connectivity index (χ4n) is 3.77. The fraction of sp³-hybridized carbons (Fsp3) is 0.667. The van der Waals surface area contributed by atoms with Crippen molar-refractivity contribution in [3.8, 4) is 0 Å². The summed E-state index contributed by atoms with van der Waals surface area (Å²) in [5, 5.41) is 24.3. The number of carboxylic acids is 1. The van der Waals surface area contributed by atoms with E-state index in [-0.39, 0.29) is 25.3 Å². The number of aliphatic hydroxyl groups excluding tert-OH is 1. The molecule has 33 heavy (non-hydrogen) atoms. The van der Waals surface area contributed by atoms with Crippen molar-refractivity contribution in [2.45, 2.75) is 76.7 Å². The second-order valence-corrected chi connectivity index (χ2v) is 8.83. The first-order chi connectivity index (χ1) is 15.5. The van der Waals surface area contributed by atoms with Gasteiger partial charge in [0.2, 0.25) is 17.7 Å². The number of carbonyl (C=O) groups is 4. The average Bonchev–Trinajstić information content (AvgIpc) is 3.43. The normalized spacial score (nSPS) is 19.6. The molecule has 0 aromatic carbocycles. The van der Waals surface area contributed by atoms with Crippen LogP contribution in [0.3, 0.4) is 0 Å². The highest BCUT2D eigenvalue weighted by Gasteiger charge is 2.38. The SMILES string of the molecule is CC(C)CC(NC(=O)C(N)C(C)O)C(=O)NC(Cc1cnc[nH]1)C(=O)N1CCCC1C(=O)O. The number of nitrogens with two attached hydrogens (primary N) is 1. The van der Waals surface area contributed by atoms with Crippen LogP contribution in [-0.4, -0.2) is 85.6 Å². The van der Waals surface area contributed by atoms with E-state index in [2.05, 4.69) is 20.6 Å². The molecule has 0 radical (unpaired) electrons. The van der Waals surface area contributed by atoms with Crippen LogP contribution in [0.5, 0.6) is 0 Å². The Morgan fingerprint density at radius 1 is 1.21 bits per heavy atom. The molecule has 2 heterocycles. The van der Waals surface area contributed by atoms with Gasteiger partial charge < -0.3 is 36.5 Å². The van der Waals surface area contributed by atoms with Crippen LogP contribution in [-0.2, 0) is 25.6 Å². The first-order valence-electron chi connectivity index (χ1n) is 11.1. The van der Waals surface area contributed by atoms with Crippen molar-refractivity contribution in [1.29, 1.82) is 0 Å². The molecule has 0 spiro atoms. The van der Waals surface area contributed by atoms with Crippen LogP contribution in [0.4, 0.5) is 0 Å². The molecular formula is C21H34N6O6. The Balaban J connectivity index is 2.22. The van der Waals surface area contributed by atoms with E-state index in [0.717, 1.165) is 0 Å². The first-order valence-corrected chi connectivity index (χ1v) is 11.1. The fourth-order valence-corrected chi connectivity index (χ4v) is 3.77. The van der Waals surface area contributed by atoms with Gasteiger partial charge in [-0.1, -0.05) is 13.8 Å². The summed E-state index contributed by atoms with van der Waals surface area (Å²) < 4.78 is 0. The van der Waals surface area contributed by atoms with E-state index >= 15 is 0 Å². The zero-order chi connectivity index (χ0) is 24.7. The third kappa shape index (κ3) is 7.26. The number of rotatable bonds is 11. The minimum absolute atomic E-state index is 0.0283. The molecule has 1 fully saturated rings. The second-order valence-electron chi connectivity index (χ2n) is 8.83. The smallest absolute Gasteiger partial charge is 0.326 e. The van der Waals surface area contributed by atoms with Crippen LogP contribution in [0.15, 0.2) is 12.5 Å². The molecule has 5 atom stereocenters. The zero-order valence-corrected chi connectivity index (χ0v) is 19.2. The zero-order valence-electron chi connectivity index (χ0n) is 19.2. The van der Waals surface area contributed by atoms with Gasteiger partial charge in [-0.3, -0.25) is 14.4 Å². The Hall–Kier alpha value is -2.99. The van der Waals surface area contributed by atoms with Gasteiger partial charge in [0.05, 0.1) is 12.4 Å². The van der Waals surface area contributed by atoms with E-state index in [9.17, 15) is 29.4 Å². The molecule has 5 unspecified atom stereocenters. The standard InChI is InChI=1S/C21H34N6O6/c1-11(2)7-14(25-19(30)17(22)12(3)28)18(29)26-15(8-13-9-23-10-24-13)20(31)27-6-4-5-16(27)21(32)33/h9-12,14-17,28H,4-8,22H2,1-3H3,(H,23,24)(H,25,30)(H,26,29)(H,32,33). The molecule has 184 valence electrons. The molecule has 7 N–H and O–H groups in total. The number of H-pyrrole nitrogens is 1. The molecule has 1 aromatic heterocycles. The minimum atomic E-state index is -1.21. The Morgan fingerprint density at radius 3 is 2.42 bits per heavy atom. The van der Waals surface area contributed by atoms with Crippen LogP contribution >= 0.6 is 0 Å². The molecule has 0 saturated carbocycles. The molecule has 1 aliphatic heterocycles. The van der Waals surface area contributed by atoms with Crippen molar-refractivity contribution in [1.82, 2.24) is 25.5 Å². The molecule has 2 rings (SSSR count). The quantitative estimate of drug-likeness (QED) is 0.233. The van der Waals surface area contributed by atoms with Gasteiger partial charge in [0.15, 0.2) is 0 Å². The van der Waals surface area contributed by atoms with E-state index < -0.39 is 54.0 Å². The number of amides is 3. The Kier molecular flexibility index (Phi) is 9.35. The van der Waals surface area contributed by atoms with Gasteiger partial charge in [-0.15, -0.1) is 0 Å². The summed E-state index contributed by atoms with van der Waals surface area (Å²) in [5.41, 5.74) is 6.27. The maximum atomic E-state index is 13.3. The lowest BCUT2D eigenvalue weighted by molar-refractivity contribution is -0.149. The van der Waals surface area contributed by atoms with Gasteiger partial charge in [-0.25, -0.2) is 9.78 Å². The number of likely N-dealkylation sites (tertiary alicyclic amines) is 1. The van der Waals surface area contributed by atoms with Gasteiger partial charge >= 0.3 is 5.97 Å². The highest BCUT2D eigenvalue weighted by molar-refractivity contribution is 5.94. The number of hydrogen-bond donors (Lipinski definition) is 6. The Morgan fingerprint density at radius 2 is 1.88 bits per heavy atom. The molecule has 1 aliphatic rings. The number of nitrogens with one attached hydrogen (secondary N) is 3. The monoisotopic (exact) mass is 466 g/mol. The van der Waals surface area contributed by atoms with E-state index in [1.54, 1.807) is 0 Å². The lowest BCUT2D eigenvalue weighted by Gasteiger charge is -2.29. The lowest BCUT2D eigenvalue weighted by Crippen LogP contribution is -2.58. The molecule has 0 bridgehead atoms. The van der Waals surface area contributed by atoms with Crippen molar-refractivity contribution < 1.29 is 29.4 Å². The molecular weight excluding hydrogens is 432 g/mol. The lowest BCUT2D eigenvalue weighted by atomic mass is 10.0. The topological polar surface area (TPSA) is 191 Å². The maximum absolute atomic E-state index is 13.3. The van der Waals surface area contributed by atoms with Crippen LogP contribution in [0.25, 0.3) is 0 Å². The molecule has 3 amide bonds. The third-order valence-electron chi connectivity index (χ3n) is 5.58. The van der Waals surface area contributed by atoms with Crippen LogP contribution < -0.4 is 16.4 Å². The summed E-state index contributed by atoms with van der Waals surface area (Å²) in [6, 6.07) is -4.21. The number of aliphatic hydroxyl groups is 1. The third-order valence-corrected chi connectivity index (χ3v) is 5.58. The summed E-state index contributed by atoms with van der Waals surface area (Å²) in [4.78, 5) is 58.4. The summed E-state index contributed by atoms with van der Waals surface area (Å²) in [6.07, 6.45) is 3.09. The molecule has 0 aliphatic carbocycles. The second kappa shape index (κ2) is 11.8. The van der Waals surface area contributed by atoms with Gasteiger partial charge in [0.25, 0.3) is 0 Å². The van der Waals surface area contributed by atoms with E-state index in [4.69, 9.17) is 5.73 Å². The van der Waals surface area contributed by atoms with Gasteiger partial charge in [-0.2, -0.15) is 0 Å². The predicted molar refractivity (Wildman–Crippen MR) is 118 cm³/mol. The maximum Gasteiger partial charge on any atom is 0.326 e.